The number of allylic oxidation sites excluding steroid dienone is 2. The summed E-state index contributed by atoms with van der Waals surface area (Å²) >= 11 is 0. The molecular weight excluding hydrogens is 270 g/mol. The van der Waals surface area contributed by atoms with E-state index in [9.17, 15) is 5.11 Å². The van der Waals surface area contributed by atoms with Crippen molar-refractivity contribution in [2.45, 2.75) is 46.6 Å². The molecule has 1 aromatic heterocycles. The number of aromatic nitrogens is 1. The minimum Gasteiger partial charge on any atom is -0.508 e. The van der Waals surface area contributed by atoms with Gasteiger partial charge < -0.3 is 9.67 Å². The minimum atomic E-state index is 0.207. The molecule has 1 aliphatic carbocycles. The number of fused-ring (bicyclic) bond motifs is 1. The van der Waals surface area contributed by atoms with Crippen LogP contribution in [0.15, 0.2) is 47.7 Å². The molecule has 22 heavy (non-hydrogen) atoms. The Morgan fingerprint density at radius 2 is 1.95 bits per heavy atom. The number of nitrogens with zero attached hydrogens (tertiary/aromatic N) is 1. The van der Waals surface area contributed by atoms with Crippen LogP contribution in [0.5, 0.6) is 0 Å². The lowest BCUT2D eigenvalue weighted by molar-refractivity contribution is 0.348. The van der Waals surface area contributed by atoms with Crippen LogP contribution in [0, 0.1) is 5.41 Å². The van der Waals surface area contributed by atoms with E-state index >= 15 is 0 Å². The van der Waals surface area contributed by atoms with Gasteiger partial charge in [0, 0.05) is 23.1 Å². The minimum absolute atomic E-state index is 0.207. The van der Waals surface area contributed by atoms with Gasteiger partial charge in [-0.15, -0.1) is 0 Å². The van der Waals surface area contributed by atoms with Gasteiger partial charge in [-0.3, -0.25) is 0 Å². The van der Waals surface area contributed by atoms with Crippen LogP contribution in [-0.2, 0) is 6.54 Å². The van der Waals surface area contributed by atoms with Crippen LogP contribution in [0.25, 0.3) is 17.0 Å². The summed E-state index contributed by atoms with van der Waals surface area (Å²) in [5.41, 5.74) is 3.81. The highest BCUT2D eigenvalue weighted by molar-refractivity contribution is 5.83. The number of hydrogen-bond donors (Lipinski definition) is 1. The molecule has 1 heterocycles. The molecule has 0 saturated heterocycles. The molecule has 0 unspecified atom stereocenters. The summed E-state index contributed by atoms with van der Waals surface area (Å²) in [6.07, 6.45) is 7.20. The van der Waals surface area contributed by atoms with Gasteiger partial charge in [-0.05, 0) is 54.5 Å². The second-order valence-corrected chi connectivity index (χ2v) is 7.45. The van der Waals surface area contributed by atoms with Crippen LogP contribution in [0.3, 0.4) is 0 Å². The Kier molecular flexibility index (Phi) is 3.86. The molecule has 0 radical (unpaired) electrons. The van der Waals surface area contributed by atoms with Crippen molar-refractivity contribution in [2.75, 3.05) is 0 Å². The average Bonchev–Trinajstić information content (AvgIpc) is 2.71. The number of aliphatic hydroxyl groups is 1. The molecular formula is C20H25NO. The monoisotopic (exact) mass is 295 g/mol. The summed E-state index contributed by atoms with van der Waals surface area (Å²) in [6.45, 7) is 7.72. The predicted octanol–water partition coefficient (Wildman–Crippen LogP) is 5.70. The maximum Gasteiger partial charge on any atom is 0.114 e. The van der Waals surface area contributed by atoms with Crippen LogP contribution < -0.4 is 0 Å². The molecule has 0 aliphatic heterocycles. The average molecular weight is 295 g/mol. The van der Waals surface area contributed by atoms with E-state index < -0.39 is 0 Å². The van der Waals surface area contributed by atoms with E-state index in [0.29, 0.717) is 5.76 Å². The van der Waals surface area contributed by atoms with Gasteiger partial charge in [0.05, 0.1) is 0 Å². The van der Waals surface area contributed by atoms with E-state index in [-0.39, 0.29) is 5.41 Å². The van der Waals surface area contributed by atoms with Crippen molar-refractivity contribution in [3.05, 3.63) is 53.4 Å². The van der Waals surface area contributed by atoms with E-state index in [1.54, 1.807) is 0 Å². The molecule has 1 aromatic carbocycles. The molecule has 2 nitrogen and oxygen atoms in total. The topological polar surface area (TPSA) is 25.2 Å². The SMILES string of the molecule is CC(C)(C)Cn1c(/C=C/C(O)=C2CCC2)cc2ccccc21. The molecule has 2 aromatic rings. The van der Waals surface area contributed by atoms with Gasteiger partial charge in [0.1, 0.15) is 5.76 Å². The number of para-hydroxylation sites is 1. The van der Waals surface area contributed by atoms with E-state index in [1.807, 2.05) is 12.2 Å². The van der Waals surface area contributed by atoms with Crippen LogP contribution in [0.1, 0.15) is 45.7 Å². The standard InChI is InChI=1S/C20H25NO/c1-20(2,3)14-21-17(11-12-19(22)15-8-6-9-15)13-16-7-4-5-10-18(16)21/h4-5,7,10-13,22H,6,8-9,14H2,1-3H3/b12-11+. The zero-order chi connectivity index (χ0) is 15.7. The van der Waals surface area contributed by atoms with Crippen molar-refractivity contribution in [3.8, 4) is 0 Å². The second kappa shape index (κ2) is 5.68. The number of rotatable bonds is 3. The Bertz CT molecular complexity index is 735. The third-order valence-corrected chi connectivity index (χ3v) is 4.21. The van der Waals surface area contributed by atoms with E-state index in [0.717, 1.165) is 25.1 Å². The van der Waals surface area contributed by atoms with Crippen LogP contribution in [0.4, 0.5) is 0 Å². The van der Waals surface area contributed by atoms with Crippen LogP contribution in [0.2, 0.25) is 0 Å². The summed E-state index contributed by atoms with van der Waals surface area (Å²) in [5, 5.41) is 11.4. The Labute approximate surface area is 132 Å². The molecule has 0 spiro atoms. The molecule has 116 valence electrons. The fraction of sp³-hybridized carbons (Fsp3) is 0.400. The molecule has 1 N–H and O–H groups in total. The van der Waals surface area contributed by atoms with Crippen LogP contribution >= 0.6 is 0 Å². The summed E-state index contributed by atoms with van der Waals surface area (Å²) in [7, 11) is 0. The number of hydrogen-bond acceptors (Lipinski definition) is 1. The predicted molar refractivity (Wildman–Crippen MR) is 93.9 cm³/mol. The lowest BCUT2D eigenvalue weighted by Gasteiger charge is -2.21. The molecule has 1 aliphatic rings. The first-order valence-corrected chi connectivity index (χ1v) is 8.11. The largest absolute Gasteiger partial charge is 0.508 e. The van der Waals surface area contributed by atoms with Gasteiger partial charge in [0.2, 0.25) is 0 Å². The fourth-order valence-corrected chi connectivity index (χ4v) is 2.91. The van der Waals surface area contributed by atoms with E-state index in [2.05, 4.69) is 55.7 Å². The Hall–Kier alpha value is -1.96. The second-order valence-electron chi connectivity index (χ2n) is 7.45. The third kappa shape index (κ3) is 3.11. The molecule has 0 amide bonds. The quantitative estimate of drug-likeness (QED) is 0.722. The molecule has 2 heteroatoms. The molecule has 1 fully saturated rings. The van der Waals surface area contributed by atoms with Crippen molar-refractivity contribution in [3.63, 3.8) is 0 Å². The normalized spacial score (nSPS) is 15.5. The van der Waals surface area contributed by atoms with Crippen molar-refractivity contribution < 1.29 is 5.11 Å². The maximum atomic E-state index is 10.1. The van der Waals surface area contributed by atoms with Crippen molar-refractivity contribution in [2.24, 2.45) is 5.41 Å². The molecule has 3 rings (SSSR count). The molecule has 0 bridgehead atoms. The molecule has 1 saturated carbocycles. The first-order valence-electron chi connectivity index (χ1n) is 8.11. The van der Waals surface area contributed by atoms with Gasteiger partial charge in [-0.2, -0.15) is 0 Å². The summed E-state index contributed by atoms with van der Waals surface area (Å²) in [5.74, 6) is 0.457. The zero-order valence-corrected chi connectivity index (χ0v) is 13.8. The highest BCUT2D eigenvalue weighted by atomic mass is 16.3. The number of aliphatic hydroxyl groups excluding tert-OH is 1. The zero-order valence-electron chi connectivity index (χ0n) is 13.8. The Morgan fingerprint density at radius 3 is 2.59 bits per heavy atom. The first-order chi connectivity index (χ1) is 10.4. The van der Waals surface area contributed by atoms with Crippen molar-refractivity contribution >= 4 is 17.0 Å². The first kappa shape index (κ1) is 15.0. The lowest BCUT2D eigenvalue weighted by Crippen LogP contribution is -2.16. The summed E-state index contributed by atoms with van der Waals surface area (Å²) in [4.78, 5) is 0. The van der Waals surface area contributed by atoms with Gasteiger partial charge >= 0.3 is 0 Å². The van der Waals surface area contributed by atoms with Gasteiger partial charge in [-0.25, -0.2) is 0 Å². The lowest BCUT2D eigenvalue weighted by atomic mass is 9.91. The third-order valence-electron chi connectivity index (χ3n) is 4.21. The Balaban J connectivity index is 2.00. The van der Waals surface area contributed by atoms with E-state index in [4.69, 9.17) is 0 Å². The van der Waals surface area contributed by atoms with Gasteiger partial charge in [0.15, 0.2) is 0 Å². The van der Waals surface area contributed by atoms with Crippen LogP contribution in [-0.4, -0.2) is 9.67 Å². The van der Waals surface area contributed by atoms with Gasteiger partial charge in [-0.1, -0.05) is 39.0 Å². The van der Waals surface area contributed by atoms with E-state index in [1.165, 1.54) is 22.9 Å². The summed E-state index contributed by atoms with van der Waals surface area (Å²) in [6, 6.07) is 10.7. The maximum absolute atomic E-state index is 10.1. The highest BCUT2D eigenvalue weighted by Crippen LogP contribution is 2.29. The smallest absolute Gasteiger partial charge is 0.114 e. The van der Waals surface area contributed by atoms with Gasteiger partial charge in [0.25, 0.3) is 0 Å². The number of benzene rings is 1. The molecule has 0 atom stereocenters. The van der Waals surface area contributed by atoms with Crippen molar-refractivity contribution in [1.82, 2.24) is 4.57 Å². The van der Waals surface area contributed by atoms with Crippen molar-refractivity contribution in [1.29, 1.82) is 0 Å². The Morgan fingerprint density at radius 1 is 1.23 bits per heavy atom. The highest BCUT2D eigenvalue weighted by Gasteiger charge is 2.16. The fourth-order valence-electron chi connectivity index (χ4n) is 2.91. The summed E-state index contributed by atoms with van der Waals surface area (Å²) < 4.78 is 2.35.